The van der Waals surface area contributed by atoms with Crippen LogP contribution >= 0.6 is 0 Å². The van der Waals surface area contributed by atoms with Crippen LogP contribution in [0.3, 0.4) is 0 Å². The molecular formula is C24H28N4O. The van der Waals surface area contributed by atoms with Crippen LogP contribution in [-0.2, 0) is 28.7 Å². The molecule has 0 bridgehead atoms. The van der Waals surface area contributed by atoms with E-state index >= 15 is 0 Å². The molecule has 0 radical (unpaired) electrons. The summed E-state index contributed by atoms with van der Waals surface area (Å²) in [5.74, 6) is -0.415. The Bertz CT molecular complexity index is 934. The topological polar surface area (TPSA) is 80.9 Å². The van der Waals surface area contributed by atoms with Crippen LogP contribution in [0.5, 0.6) is 0 Å². The van der Waals surface area contributed by atoms with Crippen molar-refractivity contribution in [3.63, 3.8) is 0 Å². The summed E-state index contributed by atoms with van der Waals surface area (Å²) in [6.07, 6.45) is 7.40. The number of carbonyl (C=O) groups excluding carboxylic acids is 1. The largest absolute Gasteiger partial charge is 0.368 e. The van der Waals surface area contributed by atoms with Crippen molar-refractivity contribution in [3.05, 3.63) is 95.6 Å². The lowest BCUT2D eigenvalue weighted by atomic mass is 9.80. The standard InChI is InChI=1S/C24H28N4O/c1-23(2,3)20-6-8-21(9-7-20)24(22(25)29,15-18-10-13-26-14-11-18)28-17-19-5-4-12-27-16-19/h4-14,16,28H,15,17H2,1-3H3,(H2,25,29). The van der Waals surface area contributed by atoms with Crippen molar-refractivity contribution < 1.29 is 4.79 Å². The molecule has 2 aromatic heterocycles. The summed E-state index contributed by atoms with van der Waals surface area (Å²) in [6, 6.07) is 15.8. The molecule has 1 aromatic carbocycles. The first-order valence-electron chi connectivity index (χ1n) is 9.75. The van der Waals surface area contributed by atoms with Crippen molar-refractivity contribution in [2.45, 2.75) is 44.7 Å². The number of hydrogen-bond donors (Lipinski definition) is 2. The number of primary amides is 1. The van der Waals surface area contributed by atoms with Crippen LogP contribution < -0.4 is 11.1 Å². The Morgan fingerprint density at radius 3 is 2.10 bits per heavy atom. The second kappa shape index (κ2) is 8.53. The van der Waals surface area contributed by atoms with Crippen molar-refractivity contribution in [1.29, 1.82) is 0 Å². The van der Waals surface area contributed by atoms with Gasteiger partial charge in [-0.25, -0.2) is 0 Å². The molecule has 29 heavy (non-hydrogen) atoms. The maximum Gasteiger partial charge on any atom is 0.242 e. The zero-order valence-electron chi connectivity index (χ0n) is 17.2. The summed E-state index contributed by atoms with van der Waals surface area (Å²) >= 11 is 0. The third-order valence-corrected chi connectivity index (χ3v) is 5.20. The molecule has 0 spiro atoms. The number of benzene rings is 1. The molecule has 3 rings (SSSR count). The number of aromatic nitrogens is 2. The number of nitrogens with one attached hydrogen (secondary N) is 1. The molecule has 5 heteroatoms. The number of nitrogens with zero attached hydrogens (tertiary/aromatic N) is 2. The Morgan fingerprint density at radius 1 is 0.897 bits per heavy atom. The summed E-state index contributed by atoms with van der Waals surface area (Å²) < 4.78 is 0. The zero-order valence-corrected chi connectivity index (χ0v) is 17.2. The van der Waals surface area contributed by atoms with Crippen molar-refractivity contribution in [2.75, 3.05) is 0 Å². The number of carbonyl (C=O) groups is 1. The van der Waals surface area contributed by atoms with E-state index in [1.807, 2.05) is 36.4 Å². The highest BCUT2D eigenvalue weighted by molar-refractivity contribution is 5.86. The summed E-state index contributed by atoms with van der Waals surface area (Å²) in [5.41, 5.74) is 9.01. The molecule has 0 saturated carbocycles. The van der Waals surface area contributed by atoms with Crippen LogP contribution in [0.2, 0.25) is 0 Å². The van der Waals surface area contributed by atoms with E-state index in [4.69, 9.17) is 5.73 Å². The van der Waals surface area contributed by atoms with Gasteiger partial charge in [0, 0.05) is 37.8 Å². The number of rotatable bonds is 7. The quantitative estimate of drug-likeness (QED) is 0.649. The Labute approximate surface area is 172 Å². The van der Waals surface area contributed by atoms with E-state index in [9.17, 15) is 4.79 Å². The third kappa shape index (κ3) is 4.87. The van der Waals surface area contributed by atoms with Crippen molar-refractivity contribution >= 4 is 5.91 Å². The van der Waals surface area contributed by atoms with Gasteiger partial charge in [0.2, 0.25) is 5.91 Å². The Kier molecular flexibility index (Phi) is 6.09. The third-order valence-electron chi connectivity index (χ3n) is 5.20. The van der Waals surface area contributed by atoms with Crippen LogP contribution in [0, 0.1) is 0 Å². The smallest absolute Gasteiger partial charge is 0.242 e. The normalized spacial score (nSPS) is 13.6. The fourth-order valence-corrected chi connectivity index (χ4v) is 3.40. The molecule has 0 fully saturated rings. The second-order valence-corrected chi connectivity index (χ2v) is 8.34. The molecule has 3 aromatic rings. The zero-order chi connectivity index (χ0) is 20.9. The minimum Gasteiger partial charge on any atom is -0.368 e. The van der Waals surface area contributed by atoms with Gasteiger partial charge in [0.25, 0.3) is 0 Å². The van der Waals surface area contributed by atoms with Gasteiger partial charge in [-0.15, -0.1) is 0 Å². The lowest BCUT2D eigenvalue weighted by molar-refractivity contribution is -0.125. The predicted molar refractivity (Wildman–Crippen MR) is 115 cm³/mol. The predicted octanol–water partition coefficient (Wildman–Crippen LogP) is 3.49. The van der Waals surface area contributed by atoms with Gasteiger partial charge in [-0.3, -0.25) is 20.1 Å². The van der Waals surface area contributed by atoms with Gasteiger partial charge in [-0.05, 0) is 45.9 Å². The molecule has 2 heterocycles. The van der Waals surface area contributed by atoms with Gasteiger partial charge in [-0.1, -0.05) is 51.1 Å². The van der Waals surface area contributed by atoms with Crippen LogP contribution in [-0.4, -0.2) is 15.9 Å². The summed E-state index contributed by atoms with van der Waals surface area (Å²) in [5, 5.41) is 3.44. The molecule has 5 nitrogen and oxygen atoms in total. The summed E-state index contributed by atoms with van der Waals surface area (Å²) in [6.45, 7) is 6.98. The van der Waals surface area contributed by atoms with E-state index in [1.165, 1.54) is 5.56 Å². The first-order chi connectivity index (χ1) is 13.8. The molecule has 1 atom stereocenters. The fraction of sp³-hybridized carbons (Fsp3) is 0.292. The van der Waals surface area contributed by atoms with E-state index < -0.39 is 11.4 Å². The van der Waals surface area contributed by atoms with Crippen LogP contribution in [0.4, 0.5) is 0 Å². The SMILES string of the molecule is CC(C)(C)c1ccc(C(Cc2ccncc2)(NCc2cccnc2)C(N)=O)cc1. The number of nitrogens with two attached hydrogens (primary N) is 1. The Morgan fingerprint density at radius 2 is 1.55 bits per heavy atom. The van der Waals surface area contributed by atoms with E-state index in [0.29, 0.717) is 13.0 Å². The van der Waals surface area contributed by atoms with E-state index in [-0.39, 0.29) is 5.41 Å². The first kappa shape index (κ1) is 20.7. The Balaban J connectivity index is 2.01. The molecule has 1 unspecified atom stereocenters. The molecular weight excluding hydrogens is 360 g/mol. The molecule has 0 aliphatic carbocycles. The Hall–Kier alpha value is -3.05. The molecule has 0 aliphatic rings. The maximum atomic E-state index is 12.9. The summed E-state index contributed by atoms with van der Waals surface area (Å²) in [4.78, 5) is 21.1. The van der Waals surface area contributed by atoms with E-state index in [2.05, 4.69) is 48.2 Å². The minimum absolute atomic E-state index is 0.0299. The average molecular weight is 389 g/mol. The molecule has 0 aliphatic heterocycles. The second-order valence-electron chi connectivity index (χ2n) is 8.34. The molecule has 1 amide bonds. The van der Waals surface area contributed by atoms with Crippen molar-refractivity contribution in [2.24, 2.45) is 5.73 Å². The molecule has 150 valence electrons. The van der Waals surface area contributed by atoms with Gasteiger partial charge in [-0.2, -0.15) is 0 Å². The van der Waals surface area contributed by atoms with Gasteiger partial charge in [0.05, 0.1) is 0 Å². The number of pyridine rings is 2. The highest BCUT2D eigenvalue weighted by atomic mass is 16.1. The summed E-state index contributed by atoms with van der Waals surface area (Å²) in [7, 11) is 0. The maximum absolute atomic E-state index is 12.9. The molecule has 0 saturated heterocycles. The van der Waals surface area contributed by atoms with E-state index in [1.54, 1.807) is 24.8 Å². The van der Waals surface area contributed by atoms with Gasteiger partial charge < -0.3 is 5.73 Å². The first-order valence-corrected chi connectivity index (χ1v) is 9.75. The van der Waals surface area contributed by atoms with Gasteiger partial charge >= 0.3 is 0 Å². The minimum atomic E-state index is -1.05. The van der Waals surface area contributed by atoms with Crippen molar-refractivity contribution in [1.82, 2.24) is 15.3 Å². The van der Waals surface area contributed by atoms with Crippen LogP contribution in [0.1, 0.15) is 43.0 Å². The monoisotopic (exact) mass is 388 g/mol. The number of hydrogen-bond acceptors (Lipinski definition) is 4. The van der Waals surface area contributed by atoms with Crippen LogP contribution in [0.25, 0.3) is 0 Å². The van der Waals surface area contributed by atoms with E-state index in [0.717, 1.165) is 16.7 Å². The highest BCUT2D eigenvalue weighted by Gasteiger charge is 2.38. The number of amides is 1. The fourth-order valence-electron chi connectivity index (χ4n) is 3.40. The average Bonchev–Trinajstić information content (AvgIpc) is 2.72. The van der Waals surface area contributed by atoms with Crippen molar-refractivity contribution in [3.8, 4) is 0 Å². The lowest BCUT2D eigenvalue weighted by Gasteiger charge is -2.33. The molecule has 3 N–H and O–H groups in total. The lowest BCUT2D eigenvalue weighted by Crippen LogP contribution is -2.54. The highest BCUT2D eigenvalue weighted by Crippen LogP contribution is 2.30. The van der Waals surface area contributed by atoms with Crippen LogP contribution in [0.15, 0.2) is 73.3 Å². The van der Waals surface area contributed by atoms with Gasteiger partial charge in [0.15, 0.2) is 0 Å². The van der Waals surface area contributed by atoms with Gasteiger partial charge in [0.1, 0.15) is 5.54 Å².